The van der Waals surface area contributed by atoms with Gasteiger partial charge in [0.1, 0.15) is 5.76 Å². The summed E-state index contributed by atoms with van der Waals surface area (Å²) in [7, 11) is -3.84. The fourth-order valence-electron chi connectivity index (χ4n) is 1.37. The summed E-state index contributed by atoms with van der Waals surface area (Å²) < 4.78 is 31.5. The number of anilines is 1. The smallest absolute Gasteiger partial charge is 0.297 e. The summed E-state index contributed by atoms with van der Waals surface area (Å²) in [6, 6.07) is 3.27. The molecule has 0 fully saturated rings. The number of hydrogen-bond acceptors (Lipinski definition) is 7. The number of nitrogens with zero attached hydrogens (tertiary/aromatic N) is 3. The van der Waals surface area contributed by atoms with Crippen molar-refractivity contribution in [2.45, 2.75) is 31.5 Å². The van der Waals surface area contributed by atoms with Crippen LogP contribution in [0.25, 0.3) is 0 Å². The molecule has 0 spiro atoms. The second-order valence-corrected chi connectivity index (χ2v) is 5.94. The lowest BCUT2D eigenvalue weighted by atomic mass is 10.3. The van der Waals surface area contributed by atoms with E-state index in [1.54, 1.807) is 6.07 Å². The molecule has 9 heteroatoms. The predicted molar refractivity (Wildman–Crippen MR) is 71.3 cm³/mol. The van der Waals surface area contributed by atoms with E-state index < -0.39 is 10.0 Å². The number of rotatable bonds is 6. The normalized spacial score (nSPS) is 11.8. The summed E-state index contributed by atoms with van der Waals surface area (Å²) in [5, 5.41) is 10.0. The minimum absolute atomic E-state index is 0.106. The van der Waals surface area contributed by atoms with Gasteiger partial charge in [0.15, 0.2) is 0 Å². The number of hydrogen-bond donors (Lipinski definition) is 2. The third kappa shape index (κ3) is 3.75. The molecule has 0 amide bonds. The summed E-state index contributed by atoms with van der Waals surface area (Å²) in [5.41, 5.74) is 0. The van der Waals surface area contributed by atoms with Crippen molar-refractivity contribution in [1.82, 2.24) is 20.5 Å². The first-order valence-corrected chi connectivity index (χ1v) is 7.44. The largest absolute Gasteiger partial charge is 0.446 e. The Morgan fingerprint density at radius 1 is 1.30 bits per heavy atom. The summed E-state index contributed by atoms with van der Waals surface area (Å²) in [6.45, 7) is 4.43. The summed E-state index contributed by atoms with van der Waals surface area (Å²) >= 11 is 0. The first kappa shape index (κ1) is 14.4. The van der Waals surface area contributed by atoms with E-state index in [0.29, 0.717) is 12.3 Å². The third-order valence-electron chi connectivity index (χ3n) is 2.29. The molecule has 0 aromatic carbocycles. The van der Waals surface area contributed by atoms with E-state index in [1.165, 1.54) is 18.5 Å². The quantitative estimate of drug-likeness (QED) is 0.810. The molecule has 0 saturated heterocycles. The average molecular weight is 297 g/mol. The zero-order valence-corrected chi connectivity index (χ0v) is 11.9. The molecule has 2 aromatic heterocycles. The molecule has 0 unspecified atom stereocenters. The Hall–Kier alpha value is -2.00. The van der Waals surface area contributed by atoms with Gasteiger partial charge in [-0.15, -0.1) is 5.10 Å². The van der Waals surface area contributed by atoms with Crippen LogP contribution in [0.5, 0.6) is 0 Å². The van der Waals surface area contributed by atoms with Gasteiger partial charge < -0.3 is 9.73 Å². The molecule has 0 saturated carbocycles. The van der Waals surface area contributed by atoms with Gasteiger partial charge in [0, 0.05) is 6.04 Å². The van der Waals surface area contributed by atoms with Crippen LogP contribution in [0.2, 0.25) is 0 Å². The molecular formula is C11H15N5O3S. The number of furan rings is 1. The van der Waals surface area contributed by atoms with Gasteiger partial charge in [-0.1, -0.05) is 13.8 Å². The molecular weight excluding hydrogens is 282 g/mol. The lowest BCUT2D eigenvalue weighted by Gasteiger charge is -2.05. The number of sulfonamides is 1. The highest BCUT2D eigenvalue weighted by molar-refractivity contribution is 7.92. The lowest BCUT2D eigenvalue weighted by Crippen LogP contribution is -2.21. The van der Waals surface area contributed by atoms with Crippen LogP contribution in [0.1, 0.15) is 19.6 Å². The van der Waals surface area contributed by atoms with Crippen molar-refractivity contribution in [3.63, 3.8) is 0 Å². The van der Waals surface area contributed by atoms with E-state index in [9.17, 15) is 8.42 Å². The third-order valence-corrected chi connectivity index (χ3v) is 3.50. The zero-order valence-electron chi connectivity index (χ0n) is 11.1. The first-order chi connectivity index (χ1) is 9.47. The predicted octanol–water partition coefficient (Wildman–Crippen LogP) is 0.763. The highest BCUT2D eigenvalue weighted by Gasteiger charge is 2.20. The van der Waals surface area contributed by atoms with Crippen molar-refractivity contribution in [2.75, 3.05) is 4.72 Å². The van der Waals surface area contributed by atoms with Crippen LogP contribution >= 0.6 is 0 Å². The van der Waals surface area contributed by atoms with Crippen LogP contribution in [0, 0.1) is 0 Å². The maximum Gasteiger partial charge on any atom is 0.297 e. The highest BCUT2D eigenvalue weighted by Crippen LogP contribution is 2.16. The van der Waals surface area contributed by atoms with Crippen molar-refractivity contribution in [1.29, 1.82) is 0 Å². The van der Waals surface area contributed by atoms with Crippen LogP contribution in [-0.2, 0) is 16.6 Å². The number of nitrogens with one attached hydrogen (secondary N) is 2. The Labute approximate surface area is 116 Å². The maximum absolute atomic E-state index is 12.0. The van der Waals surface area contributed by atoms with Crippen LogP contribution < -0.4 is 10.0 Å². The Morgan fingerprint density at radius 3 is 2.75 bits per heavy atom. The molecule has 0 atom stereocenters. The Balaban J connectivity index is 2.10. The maximum atomic E-state index is 12.0. The number of aromatic nitrogens is 3. The molecule has 2 heterocycles. The van der Waals surface area contributed by atoms with Crippen LogP contribution in [0.15, 0.2) is 34.0 Å². The second kappa shape index (κ2) is 5.97. The summed E-state index contributed by atoms with van der Waals surface area (Å²) in [5.74, 6) is 0.428. The van der Waals surface area contributed by atoms with E-state index in [2.05, 4.69) is 25.2 Å². The van der Waals surface area contributed by atoms with Gasteiger partial charge in [0.25, 0.3) is 16.0 Å². The fourth-order valence-corrected chi connectivity index (χ4v) is 2.27. The van der Waals surface area contributed by atoms with Gasteiger partial charge in [-0.2, -0.15) is 13.5 Å². The van der Waals surface area contributed by atoms with Crippen molar-refractivity contribution in [3.8, 4) is 0 Å². The molecule has 0 bridgehead atoms. The average Bonchev–Trinajstić information content (AvgIpc) is 2.86. The molecule has 0 radical (unpaired) electrons. The van der Waals surface area contributed by atoms with Crippen LogP contribution in [-0.4, -0.2) is 29.6 Å². The van der Waals surface area contributed by atoms with E-state index >= 15 is 0 Å². The molecule has 0 aliphatic heterocycles. The van der Waals surface area contributed by atoms with Gasteiger partial charge in [-0.25, -0.2) is 9.71 Å². The molecule has 2 N–H and O–H groups in total. The topological polar surface area (TPSA) is 110 Å². The van der Waals surface area contributed by atoms with Crippen LogP contribution in [0.4, 0.5) is 5.95 Å². The molecule has 8 nitrogen and oxygen atoms in total. The van der Waals surface area contributed by atoms with Crippen LogP contribution in [0.3, 0.4) is 0 Å². The van der Waals surface area contributed by atoms with E-state index in [0.717, 1.165) is 0 Å². The van der Waals surface area contributed by atoms with Gasteiger partial charge in [-0.05, 0) is 12.1 Å². The Morgan fingerprint density at radius 2 is 2.10 bits per heavy atom. The van der Waals surface area contributed by atoms with Gasteiger partial charge >= 0.3 is 0 Å². The van der Waals surface area contributed by atoms with Crippen molar-refractivity contribution in [3.05, 3.63) is 30.3 Å². The molecule has 0 aliphatic carbocycles. The SMILES string of the molecule is CC(C)NCc1ccc(S(=O)(=O)Nc2nccnn2)o1. The fraction of sp³-hybridized carbons (Fsp3) is 0.364. The molecule has 2 rings (SSSR count). The van der Waals surface area contributed by atoms with Crippen molar-refractivity contribution in [2.24, 2.45) is 0 Å². The molecule has 2 aromatic rings. The minimum atomic E-state index is -3.84. The Kier molecular flexibility index (Phi) is 4.30. The zero-order chi connectivity index (χ0) is 14.6. The molecule has 20 heavy (non-hydrogen) atoms. The van der Waals surface area contributed by atoms with Gasteiger partial charge in [-0.3, -0.25) is 0 Å². The molecule has 108 valence electrons. The first-order valence-electron chi connectivity index (χ1n) is 5.96. The van der Waals surface area contributed by atoms with E-state index in [4.69, 9.17) is 4.42 Å². The minimum Gasteiger partial charge on any atom is -0.446 e. The van der Waals surface area contributed by atoms with Crippen molar-refractivity contribution >= 4 is 16.0 Å². The highest BCUT2D eigenvalue weighted by atomic mass is 32.2. The second-order valence-electron chi connectivity index (χ2n) is 4.33. The van der Waals surface area contributed by atoms with E-state index in [1.807, 2.05) is 13.8 Å². The Bertz CT molecular complexity index is 654. The standard InChI is InChI=1S/C11H15N5O3S/c1-8(2)13-7-9-3-4-10(19-9)20(17,18)16-11-12-5-6-14-15-11/h3-6,8,13H,7H2,1-2H3,(H,12,15,16). The molecule has 0 aliphatic rings. The van der Waals surface area contributed by atoms with Crippen molar-refractivity contribution < 1.29 is 12.8 Å². The lowest BCUT2D eigenvalue weighted by molar-refractivity contribution is 0.396. The van der Waals surface area contributed by atoms with Gasteiger partial charge in [0.2, 0.25) is 5.09 Å². The summed E-state index contributed by atoms with van der Waals surface area (Å²) in [4.78, 5) is 3.74. The van der Waals surface area contributed by atoms with E-state index in [-0.39, 0.29) is 17.1 Å². The van der Waals surface area contributed by atoms with Gasteiger partial charge in [0.05, 0.1) is 18.9 Å². The monoisotopic (exact) mass is 297 g/mol. The summed E-state index contributed by atoms with van der Waals surface area (Å²) in [6.07, 6.45) is 2.69.